The highest BCUT2D eigenvalue weighted by Gasteiger charge is 2.50. The molecule has 11 N–H and O–H groups in total. The van der Waals surface area contributed by atoms with Gasteiger partial charge in [0, 0.05) is 37.1 Å². The number of fused-ring (bicyclic) bond motifs is 1. The van der Waals surface area contributed by atoms with E-state index >= 15 is 0 Å². The summed E-state index contributed by atoms with van der Waals surface area (Å²) in [6.45, 7) is 2.45. The van der Waals surface area contributed by atoms with Crippen LogP contribution in [-0.2, 0) is 50.7 Å². The second kappa shape index (κ2) is 32.5. The van der Waals surface area contributed by atoms with E-state index in [9.17, 15) is 63.0 Å². The zero-order valence-corrected chi connectivity index (χ0v) is 44.9. The van der Waals surface area contributed by atoms with E-state index in [1.165, 1.54) is 13.8 Å². The maximum Gasteiger partial charge on any atom is 0.481 e. The number of aliphatic hydroxyl groups excluding tert-OH is 3. The number of carbonyl (C=O) groups excluding carboxylic acids is 3. The van der Waals surface area contributed by atoms with Crippen LogP contribution in [0.4, 0.5) is 5.82 Å². The van der Waals surface area contributed by atoms with E-state index < -0.39 is 90.7 Å². The molecule has 1 saturated heterocycles. The van der Waals surface area contributed by atoms with Gasteiger partial charge in [-0.05, 0) is 51.4 Å². The van der Waals surface area contributed by atoms with Crippen molar-refractivity contribution in [3.8, 4) is 0 Å². The van der Waals surface area contributed by atoms with Gasteiger partial charge < -0.3 is 56.0 Å². The molecule has 1 aliphatic heterocycles. The van der Waals surface area contributed by atoms with E-state index in [1.807, 2.05) is 12.2 Å². The highest BCUT2D eigenvalue weighted by molar-refractivity contribution is 8.13. The van der Waals surface area contributed by atoms with Crippen LogP contribution in [0.3, 0.4) is 0 Å². The summed E-state index contributed by atoms with van der Waals surface area (Å²) in [7, 11) is -16.5. The number of nitrogen functional groups attached to an aromatic ring is 1. The standard InChI is InChI=1S/C45H70N7O18P3S/c1-4-5-6-7-8-9-10-11-12-13-14-15-16-17-18-19-20-21-22-23-33(53)28-36(55)74-27-26-47-35(54)24-25-48-43(58)40(57)45(2,3)30-67-73(64,65)70-72(62,63)66-29-34-39(69-71(59,60)61)38(56)44(68-34)52-32-51-37-41(46)49-31-50-42(37)52/h5-6,8-9,11-12,14-15,17-18,20-21,31-34,38-40,44,53,56-57H,4,7,10,13,16,19,22-30H2,1-3H3,(H,47,54)(H,48,58)(H,62,63)(H,64,65)(H2,46,49,50)(H2,59,60,61)/b6-5+,9-8+,12-11+,15-14+,18-17+,21-20+. The zero-order valence-electron chi connectivity index (χ0n) is 41.4. The van der Waals surface area contributed by atoms with Crippen molar-refractivity contribution in [3.05, 3.63) is 85.6 Å². The van der Waals surface area contributed by atoms with E-state index in [-0.39, 0.29) is 53.8 Å². The number of carbonyl (C=O) groups is 3. The van der Waals surface area contributed by atoms with Crippen molar-refractivity contribution in [2.75, 3.05) is 37.8 Å². The van der Waals surface area contributed by atoms with Crippen molar-refractivity contribution in [3.63, 3.8) is 0 Å². The number of allylic oxidation sites excluding steroid dienone is 12. The molecule has 8 unspecified atom stereocenters. The summed E-state index contributed by atoms with van der Waals surface area (Å²) in [6, 6.07) is 0. The molecule has 0 aromatic carbocycles. The Balaban J connectivity index is 1.28. The summed E-state index contributed by atoms with van der Waals surface area (Å²) < 4.78 is 62.5. The van der Waals surface area contributed by atoms with Crippen molar-refractivity contribution in [2.45, 2.75) is 122 Å². The molecule has 29 heteroatoms. The fourth-order valence-corrected chi connectivity index (χ4v) is 10.1. The predicted molar refractivity (Wildman–Crippen MR) is 275 cm³/mol. The normalized spacial score (nSPS) is 20.4. The predicted octanol–water partition coefficient (Wildman–Crippen LogP) is 4.89. The number of rotatable bonds is 35. The quantitative estimate of drug-likeness (QED) is 0.0249. The summed E-state index contributed by atoms with van der Waals surface area (Å²) in [5.74, 6) is -1.28. The Bertz CT molecular complexity index is 2430. The van der Waals surface area contributed by atoms with E-state index in [2.05, 4.69) is 102 Å². The summed E-state index contributed by atoms with van der Waals surface area (Å²) in [5.41, 5.74) is 4.24. The molecule has 3 rings (SSSR count). The molecule has 1 fully saturated rings. The number of hydrogen-bond acceptors (Lipinski definition) is 19. The van der Waals surface area contributed by atoms with E-state index in [1.54, 1.807) is 0 Å². The molecule has 0 bridgehead atoms. The minimum atomic E-state index is -5.60. The molecule has 0 spiro atoms. The number of nitrogens with two attached hydrogens (primary N) is 1. The van der Waals surface area contributed by atoms with Crippen LogP contribution in [-0.4, -0.2) is 134 Å². The fraction of sp³-hybridized carbons (Fsp3) is 0.556. The highest BCUT2D eigenvalue weighted by atomic mass is 32.2. The zero-order chi connectivity index (χ0) is 54.8. The van der Waals surface area contributed by atoms with Gasteiger partial charge >= 0.3 is 23.5 Å². The van der Waals surface area contributed by atoms with Crippen LogP contribution >= 0.6 is 35.2 Å². The number of aliphatic hydroxyl groups is 3. The fourth-order valence-electron chi connectivity index (χ4n) is 6.58. The van der Waals surface area contributed by atoms with Crippen LogP contribution in [0.5, 0.6) is 0 Å². The van der Waals surface area contributed by atoms with Gasteiger partial charge in [0.05, 0.1) is 25.6 Å². The van der Waals surface area contributed by atoms with Crippen LogP contribution in [0.1, 0.15) is 91.2 Å². The number of phosphoric acid groups is 3. The van der Waals surface area contributed by atoms with Gasteiger partial charge in [-0.2, -0.15) is 4.31 Å². The first-order valence-electron chi connectivity index (χ1n) is 23.6. The first-order chi connectivity index (χ1) is 34.9. The molecule has 3 heterocycles. The molecule has 2 aromatic heterocycles. The molecule has 2 amide bonds. The van der Waals surface area contributed by atoms with Crippen molar-refractivity contribution in [1.82, 2.24) is 30.2 Å². The van der Waals surface area contributed by atoms with Gasteiger partial charge in [0.1, 0.15) is 36.3 Å². The Morgan fingerprint density at radius 2 is 1.43 bits per heavy atom. The first kappa shape index (κ1) is 64.2. The third-order valence-electron chi connectivity index (χ3n) is 10.4. The lowest BCUT2D eigenvalue weighted by Gasteiger charge is -2.30. The monoisotopic (exact) mass is 1120 g/mol. The van der Waals surface area contributed by atoms with E-state index in [0.717, 1.165) is 67.5 Å². The lowest BCUT2D eigenvalue weighted by molar-refractivity contribution is -0.137. The average Bonchev–Trinajstić information content (AvgIpc) is 3.89. The molecule has 25 nitrogen and oxygen atoms in total. The average molecular weight is 1120 g/mol. The molecule has 1 aliphatic rings. The first-order valence-corrected chi connectivity index (χ1v) is 29.1. The van der Waals surface area contributed by atoms with Gasteiger partial charge in [-0.25, -0.2) is 28.6 Å². The number of phosphoric ester groups is 3. The van der Waals surface area contributed by atoms with Gasteiger partial charge in [-0.15, -0.1) is 0 Å². The number of aromatic nitrogens is 4. The lowest BCUT2D eigenvalue weighted by atomic mass is 9.87. The molecule has 0 radical (unpaired) electrons. The summed E-state index contributed by atoms with van der Waals surface area (Å²) >= 11 is 0.964. The number of thioether (sulfide) groups is 1. The molecular weight excluding hydrogens is 1050 g/mol. The van der Waals surface area contributed by atoms with Gasteiger partial charge in [-0.3, -0.25) is 32.5 Å². The Morgan fingerprint density at radius 3 is 2.03 bits per heavy atom. The smallest absolute Gasteiger partial charge is 0.393 e. The summed E-state index contributed by atoms with van der Waals surface area (Å²) in [4.78, 5) is 88.5. The van der Waals surface area contributed by atoms with Crippen LogP contribution in [0.25, 0.3) is 11.2 Å². The number of imidazole rings is 1. The van der Waals surface area contributed by atoms with Gasteiger partial charge in [0.2, 0.25) is 11.8 Å². The third kappa shape index (κ3) is 24.7. The molecular formula is C45H70N7O18P3S. The Kier molecular flexibility index (Phi) is 28.2. The van der Waals surface area contributed by atoms with Crippen molar-refractivity contribution < 1.29 is 85.6 Å². The van der Waals surface area contributed by atoms with Crippen LogP contribution in [0.2, 0.25) is 0 Å². The SMILES string of the molecule is CC/C=C/C/C=C/C/C=C/C/C=C/C/C=C/C/C=C/CCC(O)CC(=O)SCCNC(=O)CCNC(=O)C(O)C(C)(C)COP(=O)(O)OP(=O)(O)OCC1OC(n2cnc3c(N)ncnc32)C(O)C1OP(=O)(O)O. The Morgan fingerprint density at radius 1 is 0.851 bits per heavy atom. The number of nitrogens with one attached hydrogen (secondary N) is 2. The molecule has 2 aromatic rings. The summed E-state index contributed by atoms with van der Waals surface area (Å²) in [5, 5.41) is 36.6. The van der Waals surface area contributed by atoms with E-state index in [0.29, 0.717) is 12.8 Å². The largest absolute Gasteiger partial charge is 0.481 e. The molecule has 8 atom stereocenters. The molecule has 74 heavy (non-hydrogen) atoms. The van der Waals surface area contributed by atoms with Crippen LogP contribution in [0, 0.1) is 5.41 Å². The third-order valence-corrected chi connectivity index (χ3v) is 14.4. The minimum absolute atomic E-state index is 0.0242. The Labute approximate surface area is 433 Å². The van der Waals surface area contributed by atoms with Crippen LogP contribution < -0.4 is 16.4 Å². The summed E-state index contributed by atoms with van der Waals surface area (Å²) in [6.07, 6.45) is 24.0. The second-order valence-corrected chi connectivity index (χ2v) is 22.5. The number of ether oxygens (including phenoxy) is 1. The maximum atomic E-state index is 12.8. The molecule has 414 valence electrons. The number of amides is 2. The highest BCUT2D eigenvalue weighted by Crippen LogP contribution is 2.61. The Hall–Kier alpha value is -4.04. The number of hydrogen-bond donors (Lipinski definition) is 10. The lowest BCUT2D eigenvalue weighted by Crippen LogP contribution is -2.46. The van der Waals surface area contributed by atoms with Crippen molar-refractivity contribution in [2.24, 2.45) is 5.41 Å². The van der Waals surface area contributed by atoms with Crippen molar-refractivity contribution in [1.29, 1.82) is 0 Å². The van der Waals surface area contributed by atoms with Gasteiger partial charge in [0.15, 0.2) is 22.8 Å². The molecule has 0 aliphatic carbocycles. The van der Waals surface area contributed by atoms with Crippen molar-refractivity contribution >= 4 is 69.1 Å². The molecule has 0 saturated carbocycles. The topological polar surface area (TPSA) is 384 Å². The number of anilines is 1. The minimum Gasteiger partial charge on any atom is -0.393 e. The van der Waals surface area contributed by atoms with Gasteiger partial charge in [0.25, 0.3) is 0 Å². The number of nitrogens with zero attached hydrogens (tertiary/aromatic N) is 4. The van der Waals surface area contributed by atoms with Gasteiger partial charge in [-0.1, -0.05) is 105 Å². The maximum absolute atomic E-state index is 12.8. The van der Waals surface area contributed by atoms with Crippen LogP contribution in [0.15, 0.2) is 85.6 Å². The second-order valence-electron chi connectivity index (χ2n) is 17.1. The van der Waals surface area contributed by atoms with E-state index in [4.69, 9.17) is 19.5 Å².